The molecule has 1 saturated heterocycles. The normalized spacial score (nSPS) is 17.9. The number of benzene rings is 1. The van der Waals surface area contributed by atoms with E-state index in [1.54, 1.807) is 23.3 Å². The van der Waals surface area contributed by atoms with Gasteiger partial charge in [-0.25, -0.2) is 0 Å². The van der Waals surface area contributed by atoms with Crippen LogP contribution in [0.1, 0.15) is 0 Å². The van der Waals surface area contributed by atoms with Crippen LogP contribution in [0.15, 0.2) is 32.9 Å². The minimum absolute atomic E-state index is 0.0272. The Morgan fingerprint density at radius 3 is 3.10 bits per heavy atom. The largest absolute Gasteiger partial charge is 0.325 e. The molecular formula is C12H11ClN4OS3. The number of aromatic nitrogens is 2. The van der Waals surface area contributed by atoms with Crippen LogP contribution in [-0.4, -0.2) is 33.8 Å². The number of anilines is 1. The summed E-state index contributed by atoms with van der Waals surface area (Å²) in [5, 5.41) is 14.4. The van der Waals surface area contributed by atoms with Gasteiger partial charge in [0.1, 0.15) is 5.51 Å². The highest BCUT2D eigenvalue weighted by molar-refractivity contribution is 8.01. The lowest BCUT2D eigenvalue weighted by Crippen LogP contribution is -2.37. The third-order valence-electron chi connectivity index (χ3n) is 2.77. The van der Waals surface area contributed by atoms with E-state index in [0.29, 0.717) is 10.7 Å². The molecule has 2 N–H and O–H groups in total. The van der Waals surface area contributed by atoms with Crippen LogP contribution in [-0.2, 0) is 4.79 Å². The Morgan fingerprint density at radius 2 is 2.43 bits per heavy atom. The highest BCUT2D eigenvalue weighted by atomic mass is 35.5. The summed E-state index contributed by atoms with van der Waals surface area (Å²) in [4.78, 5) is 12.9. The van der Waals surface area contributed by atoms with Gasteiger partial charge >= 0.3 is 0 Å². The van der Waals surface area contributed by atoms with Gasteiger partial charge in [-0.05, 0) is 18.2 Å². The fourth-order valence-corrected chi connectivity index (χ4v) is 4.43. The lowest BCUT2D eigenvalue weighted by atomic mass is 10.2. The Morgan fingerprint density at radius 1 is 1.52 bits per heavy atom. The number of hydrogen-bond acceptors (Lipinski definition) is 7. The van der Waals surface area contributed by atoms with E-state index in [-0.39, 0.29) is 11.9 Å². The molecule has 1 fully saturated rings. The first-order chi connectivity index (χ1) is 10.2. The summed E-state index contributed by atoms with van der Waals surface area (Å²) in [5.41, 5.74) is 2.38. The second-order valence-corrected chi connectivity index (χ2v) is 7.77. The van der Waals surface area contributed by atoms with Crippen molar-refractivity contribution >= 4 is 58.1 Å². The number of carbonyl (C=O) groups is 1. The monoisotopic (exact) mass is 358 g/mol. The zero-order valence-corrected chi connectivity index (χ0v) is 13.9. The number of carbonyl (C=O) groups excluding carboxylic acids is 1. The number of thioether (sulfide) groups is 1. The van der Waals surface area contributed by atoms with Crippen LogP contribution in [0.5, 0.6) is 0 Å². The Kier molecular flexibility index (Phi) is 5.02. The Balaban J connectivity index is 1.67. The van der Waals surface area contributed by atoms with Crippen LogP contribution in [0.4, 0.5) is 5.69 Å². The molecule has 9 heteroatoms. The number of rotatable bonds is 4. The molecule has 0 saturated carbocycles. The minimum Gasteiger partial charge on any atom is -0.325 e. The van der Waals surface area contributed by atoms with Crippen LogP contribution >= 0.6 is 46.5 Å². The van der Waals surface area contributed by atoms with E-state index >= 15 is 0 Å². The molecule has 2 heterocycles. The first-order valence-electron chi connectivity index (χ1n) is 6.08. The van der Waals surface area contributed by atoms with Crippen molar-refractivity contribution in [3.05, 3.63) is 28.7 Å². The molecule has 1 atom stereocenters. The second-order valence-electron chi connectivity index (χ2n) is 4.21. The van der Waals surface area contributed by atoms with Gasteiger partial charge in [-0.1, -0.05) is 34.7 Å². The maximum Gasteiger partial charge on any atom is 0.242 e. The lowest BCUT2D eigenvalue weighted by molar-refractivity contribution is -0.117. The predicted molar refractivity (Wildman–Crippen MR) is 88.4 cm³/mol. The highest BCUT2D eigenvalue weighted by Gasteiger charge is 2.22. The van der Waals surface area contributed by atoms with E-state index < -0.39 is 0 Å². The number of nitrogens with zero attached hydrogens (tertiary/aromatic N) is 2. The van der Waals surface area contributed by atoms with Gasteiger partial charge in [0.25, 0.3) is 0 Å². The zero-order chi connectivity index (χ0) is 14.7. The van der Waals surface area contributed by atoms with Crippen LogP contribution in [0.2, 0.25) is 5.02 Å². The maximum atomic E-state index is 12.0. The number of nitrogens with one attached hydrogen (secondary N) is 2. The SMILES string of the molecule is O=C(Nc1ccc(Sc2nncs2)c(Cl)c1)C1CSCN1. The number of hydrogen-bond donors (Lipinski definition) is 2. The summed E-state index contributed by atoms with van der Waals surface area (Å²) < 4.78 is 0.834. The van der Waals surface area contributed by atoms with Crippen molar-refractivity contribution in [1.29, 1.82) is 0 Å². The highest BCUT2D eigenvalue weighted by Crippen LogP contribution is 2.35. The molecule has 1 aliphatic heterocycles. The van der Waals surface area contributed by atoms with Gasteiger partial charge in [0.2, 0.25) is 5.91 Å². The molecule has 1 aromatic heterocycles. The third kappa shape index (κ3) is 3.89. The minimum atomic E-state index is -0.135. The summed E-state index contributed by atoms with van der Waals surface area (Å²) in [6.45, 7) is 0. The quantitative estimate of drug-likeness (QED) is 0.875. The maximum absolute atomic E-state index is 12.0. The smallest absolute Gasteiger partial charge is 0.242 e. The van der Waals surface area contributed by atoms with E-state index in [1.807, 2.05) is 12.1 Å². The molecule has 0 bridgehead atoms. The van der Waals surface area contributed by atoms with Crippen molar-refractivity contribution in [2.24, 2.45) is 0 Å². The first-order valence-corrected chi connectivity index (χ1v) is 9.31. The molecule has 1 aromatic carbocycles. The molecule has 2 aromatic rings. The molecule has 1 unspecified atom stereocenters. The van der Waals surface area contributed by atoms with Gasteiger partial charge in [-0.2, -0.15) is 0 Å². The lowest BCUT2D eigenvalue weighted by Gasteiger charge is -2.11. The van der Waals surface area contributed by atoms with Crippen LogP contribution in [0.25, 0.3) is 0 Å². The van der Waals surface area contributed by atoms with E-state index in [9.17, 15) is 4.79 Å². The fraction of sp³-hybridized carbons (Fsp3) is 0.250. The van der Waals surface area contributed by atoms with Crippen molar-refractivity contribution in [1.82, 2.24) is 15.5 Å². The summed E-state index contributed by atoms with van der Waals surface area (Å²) in [5.74, 6) is 1.58. The molecule has 1 aliphatic rings. The number of amides is 1. The van der Waals surface area contributed by atoms with Crippen molar-refractivity contribution in [3.63, 3.8) is 0 Å². The van der Waals surface area contributed by atoms with Crippen molar-refractivity contribution in [2.75, 3.05) is 16.9 Å². The topological polar surface area (TPSA) is 66.9 Å². The fourth-order valence-electron chi connectivity index (χ4n) is 1.76. The average molecular weight is 359 g/mol. The van der Waals surface area contributed by atoms with Gasteiger partial charge in [-0.3, -0.25) is 10.1 Å². The zero-order valence-electron chi connectivity index (χ0n) is 10.7. The average Bonchev–Trinajstić information content (AvgIpc) is 3.14. The molecular weight excluding hydrogens is 348 g/mol. The molecule has 0 radical (unpaired) electrons. The standard InChI is InChI=1S/C12H11ClN4OS3/c13-8-3-7(16-11(18)9-4-19-5-14-9)1-2-10(8)21-12-17-15-6-20-12/h1-3,6,9,14H,4-5H2,(H,16,18). The van der Waals surface area contributed by atoms with Crippen LogP contribution in [0, 0.1) is 0 Å². The van der Waals surface area contributed by atoms with E-state index in [0.717, 1.165) is 20.9 Å². The van der Waals surface area contributed by atoms with Crippen molar-refractivity contribution in [3.8, 4) is 0 Å². The van der Waals surface area contributed by atoms with Crippen LogP contribution in [0.3, 0.4) is 0 Å². The molecule has 0 aliphatic carbocycles. The Hall–Kier alpha value is -0.800. The summed E-state index contributed by atoms with van der Waals surface area (Å²) in [6, 6.07) is 5.34. The van der Waals surface area contributed by atoms with Crippen molar-refractivity contribution < 1.29 is 4.79 Å². The van der Waals surface area contributed by atoms with Gasteiger partial charge in [0.05, 0.1) is 11.1 Å². The van der Waals surface area contributed by atoms with Crippen molar-refractivity contribution in [2.45, 2.75) is 15.3 Å². The Labute approximate surface area is 139 Å². The first kappa shape index (κ1) is 15.1. The summed E-state index contributed by atoms with van der Waals surface area (Å²) in [7, 11) is 0. The van der Waals surface area contributed by atoms with Gasteiger partial charge in [0, 0.05) is 22.2 Å². The van der Waals surface area contributed by atoms with E-state index in [4.69, 9.17) is 11.6 Å². The van der Waals surface area contributed by atoms with Crippen LogP contribution < -0.4 is 10.6 Å². The van der Waals surface area contributed by atoms with Gasteiger partial charge in [0.15, 0.2) is 4.34 Å². The third-order valence-corrected chi connectivity index (χ3v) is 5.99. The van der Waals surface area contributed by atoms with Gasteiger partial charge in [-0.15, -0.1) is 22.0 Å². The molecule has 21 heavy (non-hydrogen) atoms. The van der Waals surface area contributed by atoms with E-state index in [2.05, 4.69) is 20.8 Å². The molecule has 3 rings (SSSR count). The molecule has 5 nitrogen and oxygen atoms in total. The Bertz CT molecular complexity index is 631. The molecule has 0 spiro atoms. The van der Waals surface area contributed by atoms with E-state index in [1.165, 1.54) is 23.1 Å². The van der Waals surface area contributed by atoms with Gasteiger partial charge < -0.3 is 5.32 Å². The predicted octanol–water partition coefficient (Wildman–Crippen LogP) is 2.94. The second kappa shape index (κ2) is 6.97. The molecule has 1 amide bonds. The number of halogens is 1. The summed E-state index contributed by atoms with van der Waals surface area (Å²) >= 11 is 10.9. The molecule has 110 valence electrons. The summed E-state index contributed by atoms with van der Waals surface area (Å²) in [6.07, 6.45) is 0.